The van der Waals surface area contributed by atoms with Crippen molar-refractivity contribution in [3.8, 4) is 0 Å². The smallest absolute Gasteiger partial charge is 0.234 e. The molecular weight excluding hydrogens is 334 g/mol. The maximum atomic E-state index is 12.0. The Morgan fingerprint density at radius 2 is 2.09 bits per heavy atom. The van der Waals surface area contributed by atoms with E-state index in [1.54, 1.807) is 12.1 Å². The van der Waals surface area contributed by atoms with Gasteiger partial charge in [0.1, 0.15) is 5.01 Å². The van der Waals surface area contributed by atoms with Crippen molar-refractivity contribution in [1.29, 1.82) is 0 Å². The van der Waals surface area contributed by atoms with E-state index < -0.39 is 0 Å². The van der Waals surface area contributed by atoms with Crippen molar-refractivity contribution in [3.63, 3.8) is 0 Å². The molecule has 1 N–H and O–H groups in total. The first-order valence-electron chi connectivity index (χ1n) is 7.41. The molecule has 6 nitrogen and oxygen atoms in total. The van der Waals surface area contributed by atoms with Crippen molar-refractivity contribution in [2.75, 3.05) is 0 Å². The van der Waals surface area contributed by atoms with Gasteiger partial charge >= 0.3 is 0 Å². The monoisotopic (exact) mass is 347 g/mol. The van der Waals surface area contributed by atoms with E-state index in [1.807, 2.05) is 16.6 Å². The van der Waals surface area contributed by atoms with Crippen molar-refractivity contribution in [3.05, 3.63) is 45.7 Å². The Morgan fingerprint density at radius 3 is 2.83 bits per heavy atom. The van der Waals surface area contributed by atoms with E-state index in [-0.39, 0.29) is 5.91 Å². The van der Waals surface area contributed by atoms with Gasteiger partial charge in [0.2, 0.25) is 10.9 Å². The topological polar surface area (TPSA) is 72.2 Å². The zero-order valence-electron chi connectivity index (χ0n) is 12.2. The highest BCUT2D eigenvalue weighted by Crippen LogP contribution is 2.39. The first-order valence-corrected chi connectivity index (χ1v) is 8.60. The molecule has 2 aromatic heterocycles. The summed E-state index contributed by atoms with van der Waals surface area (Å²) in [6.07, 6.45) is 2.64. The minimum atomic E-state index is -0.0410. The van der Waals surface area contributed by atoms with Gasteiger partial charge in [0.05, 0.1) is 13.0 Å². The molecule has 0 spiro atoms. The second kappa shape index (κ2) is 5.90. The summed E-state index contributed by atoms with van der Waals surface area (Å²) < 4.78 is 1.81. The summed E-state index contributed by atoms with van der Waals surface area (Å²) in [5.41, 5.74) is 0.932. The molecule has 1 fully saturated rings. The van der Waals surface area contributed by atoms with Crippen LogP contribution in [-0.4, -0.2) is 25.7 Å². The fourth-order valence-electron chi connectivity index (χ4n) is 2.36. The molecule has 118 valence electrons. The predicted molar refractivity (Wildman–Crippen MR) is 87.6 cm³/mol. The molecule has 1 amide bonds. The normalized spacial score (nSPS) is 14.3. The largest absolute Gasteiger partial charge is 0.349 e. The maximum Gasteiger partial charge on any atom is 0.234 e. The molecule has 8 heteroatoms. The molecule has 3 aromatic rings. The van der Waals surface area contributed by atoms with Gasteiger partial charge in [-0.05, 0) is 30.5 Å². The van der Waals surface area contributed by atoms with Crippen LogP contribution in [-0.2, 0) is 17.8 Å². The third-order valence-corrected chi connectivity index (χ3v) is 4.86. The highest BCUT2D eigenvalue weighted by atomic mass is 35.5. The standard InChI is InChI=1S/C15H14ClN5OS/c16-11-5-1-9(2-6-11)7-12(22)17-8-13-20-21-14(10-3-4-10)18-19-15(21)23-13/h1-2,5-6,10H,3-4,7-8H2,(H,17,22). The molecule has 0 saturated heterocycles. The van der Waals surface area contributed by atoms with Gasteiger partial charge in [-0.1, -0.05) is 35.1 Å². The number of rotatable bonds is 5. The molecule has 0 unspecified atom stereocenters. The van der Waals surface area contributed by atoms with E-state index in [0.29, 0.717) is 23.9 Å². The minimum absolute atomic E-state index is 0.0410. The number of aromatic nitrogens is 4. The molecule has 1 aromatic carbocycles. The number of halogens is 1. The summed E-state index contributed by atoms with van der Waals surface area (Å²) in [5, 5.41) is 17.2. The van der Waals surface area contributed by atoms with Gasteiger partial charge in [-0.2, -0.15) is 9.61 Å². The van der Waals surface area contributed by atoms with Crippen LogP contribution in [0.5, 0.6) is 0 Å². The minimum Gasteiger partial charge on any atom is -0.349 e. The SMILES string of the molecule is O=C(Cc1ccc(Cl)cc1)NCc1nn2c(C3CC3)nnc2s1. The van der Waals surface area contributed by atoms with Crippen LogP contribution in [0.3, 0.4) is 0 Å². The Morgan fingerprint density at radius 1 is 1.30 bits per heavy atom. The predicted octanol–water partition coefficient (Wildman–Crippen LogP) is 2.58. The van der Waals surface area contributed by atoms with E-state index in [0.717, 1.165) is 34.2 Å². The maximum absolute atomic E-state index is 12.0. The van der Waals surface area contributed by atoms with E-state index >= 15 is 0 Å². The van der Waals surface area contributed by atoms with Gasteiger partial charge in [-0.25, -0.2) is 0 Å². The number of fused-ring (bicyclic) bond motifs is 1. The van der Waals surface area contributed by atoms with Crippen molar-refractivity contribution >= 4 is 33.8 Å². The molecule has 1 aliphatic rings. The number of nitrogens with zero attached hydrogens (tertiary/aromatic N) is 4. The summed E-state index contributed by atoms with van der Waals surface area (Å²) in [7, 11) is 0. The quantitative estimate of drug-likeness (QED) is 0.770. The fraction of sp³-hybridized carbons (Fsp3) is 0.333. The number of carbonyl (C=O) groups is 1. The second-order valence-corrected chi connectivity index (χ2v) is 7.08. The average Bonchev–Trinajstić information content (AvgIpc) is 3.17. The molecule has 2 heterocycles. The Hall–Kier alpha value is -1.99. The Labute approximate surface area is 141 Å². The number of benzene rings is 1. The van der Waals surface area contributed by atoms with Gasteiger partial charge in [0.25, 0.3) is 0 Å². The van der Waals surface area contributed by atoms with Gasteiger partial charge in [-0.3, -0.25) is 4.79 Å². The summed E-state index contributed by atoms with van der Waals surface area (Å²) >= 11 is 7.30. The number of hydrogen-bond acceptors (Lipinski definition) is 5. The van der Waals surface area contributed by atoms with Gasteiger partial charge < -0.3 is 5.32 Å². The third kappa shape index (κ3) is 3.20. The zero-order chi connectivity index (χ0) is 15.8. The summed E-state index contributed by atoms with van der Waals surface area (Å²) in [5.74, 6) is 1.40. The average molecular weight is 348 g/mol. The molecule has 1 saturated carbocycles. The van der Waals surface area contributed by atoms with Gasteiger partial charge in [0.15, 0.2) is 5.82 Å². The first-order chi connectivity index (χ1) is 11.2. The molecule has 1 aliphatic carbocycles. The van der Waals surface area contributed by atoms with Crippen molar-refractivity contribution in [2.24, 2.45) is 0 Å². The summed E-state index contributed by atoms with van der Waals surface area (Å²) in [6.45, 7) is 0.407. The molecular formula is C15H14ClN5OS. The second-order valence-electron chi connectivity index (χ2n) is 5.60. The van der Waals surface area contributed by atoms with Crippen LogP contribution in [0.25, 0.3) is 4.96 Å². The van der Waals surface area contributed by atoms with Crippen LogP contribution in [0, 0.1) is 0 Å². The molecule has 0 atom stereocenters. The number of carbonyl (C=O) groups excluding carboxylic acids is 1. The van der Waals surface area contributed by atoms with Crippen LogP contribution >= 0.6 is 22.9 Å². The lowest BCUT2D eigenvalue weighted by molar-refractivity contribution is -0.120. The lowest BCUT2D eigenvalue weighted by atomic mass is 10.1. The molecule has 0 bridgehead atoms. The van der Waals surface area contributed by atoms with Crippen molar-refractivity contribution in [2.45, 2.75) is 31.7 Å². The summed E-state index contributed by atoms with van der Waals surface area (Å²) in [4.78, 5) is 12.8. The molecule has 0 aliphatic heterocycles. The summed E-state index contributed by atoms with van der Waals surface area (Å²) in [6, 6.07) is 7.28. The molecule has 23 heavy (non-hydrogen) atoms. The lowest BCUT2D eigenvalue weighted by Crippen LogP contribution is -2.24. The van der Waals surface area contributed by atoms with Crippen LogP contribution in [0.15, 0.2) is 24.3 Å². The van der Waals surface area contributed by atoms with E-state index in [4.69, 9.17) is 11.6 Å². The zero-order valence-corrected chi connectivity index (χ0v) is 13.8. The van der Waals surface area contributed by atoms with E-state index in [1.165, 1.54) is 11.3 Å². The van der Waals surface area contributed by atoms with E-state index in [2.05, 4.69) is 20.6 Å². The number of amides is 1. The highest BCUT2D eigenvalue weighted by molar-refractivity contribution is 7.16. The van der Waals surface area contributed by atoms with Crippen molar-refractivity contribution < 1.29 is 4.79 Å². The Bertz CT molecular complexity index is 853. The first kappa shape index (κ1) is 14.6. The van der Waals surface area contributed by atoms with Crippen LogP contribution in [0.1, 0.15) is 35.2 Å². The highest BCUT2D eigenvalue weighted by Gasteiger charge is 2.30. The van der Waals surface area contributed by atoms with Crippen LogP contribution in [0.2, 0.25) is 5.02 Å². The van der Waals surface area contributed by atoms with Crippen LogP contribution in [0.4, 0.5) is 0 Å². The fourth-order valence-corrected chi connectivity index (χ4v) is 3.27. The number of hydrogen-bond donors (Lipinski definition) is 1. The third-order valence-electron chi connectivity index (χ3n) is 3.71. The van der Waals surface area contributed by atoms with Gasteiger partial charge in [-0.15, -0.1) is 10.2 Å². The lowest BCUT2D eigenvalue weighted by Gasteiger charge is -2.03. The molecule has 4 rings (SSSR count). The Balaban J connectivity index is 1.38. The van der Waals surface area contributed by atoms with Crippen molar-refractivity contribution in [1.82, 2.24) is 25.1 Å². The number of nitrogens with one attached hydrogen (secondary N) is 1. The Kier molecular flexibility index (Phi) is 3.74. The van der Waals surface area contributed by atoms with Gasteiger partial charge in [0, 0.05) is 10.9 Å². The molecule has 0 radical (unpaired) electrons. The van der Waals surface area contributed by atoms with E-state index in [9.17, 15) is 4.79 Å². The van der Waals surface area contributed by atoms with Crippen LogP contribution < -0.4 is 5.32 Å².